The maximum absolute atomic E-state index is 11.9. The van der Waals surface area contributed by atoms with Crippen molar-refractivity contribution in [3.63, 3.8) is 0 Å². The molecule has 0 fully saturated rings. The fourth-order valence-electron chi connectivity index (χ4n) is 2.36. The Morgan fingerprint density at radius 3 is 2.21 bits per heavy atom. The van der Waals surface area contributed by atoms with Gasteiger partial charge in [-0.25, -0.2) is 4.79 Å². The van der Waals surface area contributed by atoms with Crippen LogP contribution in [-0.2, 0) is 23.9 Å². The molecule has 2 N–H and O–H groups in total. The van der Waals surface area contributed by atoms with Gasteiger partial charge in [-0.05, 0) is 42.8 Å². The Bertz CT molecular complexity index is 892. The van der Waals surface area contributed by atoms with Gasteiger partial charge in [0.25, 0.3) is 5.91 Å². The zero-order chi connectivity index (χ0) is 21.2. The Balaban J connectivity index is 1.70. The van der Waals surface area contributed by atoms with Crippen LogP contribution in [0.1, 0.15) is 28.8 Å². The number of nitrogens with one attached hydrogen (secondary N) is 2. The standard InChI is InChI=1S/C21H22N2O6/c1-14-5-3-4-6-17(14)23-18(24)11-12-20(26)29-13-19(25)22-16-9-7-15(8-10-16)21(27)28-2/h3-10H,11-13H2,1-2H3,(H,22,25)(H,23,24). The summed E-state index contributed by atoms with van der Waals surface area (Å²) in [6.45, 7) is 1.39. The second-order valence-electron chi connectivity index (χ2n) is 6.14. The van der Waals surface area contributed by atoms with Crippen LogP contribution in [0.4, 0.5) is 11.4 Å². The lowest BCUT2D eigenvalue weighted by Gasteiger charge is -2.09. The van der Waals surface area contributed by atoms with E-state index in [4.69, 9.17) is 4.74 Å². The van der Waals surface area contributed by atoms with E-state index >= 15 is 0 Å². The van der Waals surface area contributed by atoms with E-state index in [0.29, 0.717) is 16.9 Å². The summed E-state index contributed by atoms with van der Waals surface area (Å²) in [6, 6.07) is 13.4. The number of amides is 2. The third-order valence-electron chi connectivity index (χ3n) is 3.93. The smallest absolute Gasteiger partial charge is 0.337 e. The van der Waals surface area contributed by atoms with E-state index in [1.54, 1.807) is 12.1 Å². The van der Waals surface area contributed by atoms with Crippen LogP contribution in [0.2, 0.25) is 0 Å². The van der Waals surface area contributed by atoms with Crippen molar-refractivity contribution in [3.05, 3.63) is 59.7 Å². The summed E-state index contributed by atoms with van der Waals surface area (Å²) in [5, 5.41) is 5.26. The number of esters is 2. The highest BCUT2D eigenvalue weighted by Gasteiger charge is 2.12. The minimum atomic E-state index is -0.652. The van der Waals surface area contributed by atoms with Gasteiger partial charge in [0.2, 0.25) is 5.91 Å². The number of hydrogen-bond acceptors (Lipinski definition) is 6. The monoisotopic (exact) mass is 398 g/mol. The Morgan fingerprint density at radius 2 is 1.55 bits per heavy atom. The predicted octanol–water partition coefficient (Wildman–Crippen LogP) is 2.68. The van der Waals surface area contributed by atoms with Crippen LogP contribution in [-0.4, -0.2) is 37.5 Å². The van der Waals surface area contributed by atoms with E-state index in [-0.39, 0.29) is 18.7 Å². The summed E-state index contributed by atoms with van der Waals surface area (Å²) in [4.78, 5) is 46.9. The van der Waals surface area contributed by atoms with Gasteiger partial charge in [-0.1, -0.05) is 18.2 Å². The summed E-state index contributed by atoms with van der Waals surface area (Å²) < 4.78 is 9.46. The summed E-state index contributed by atoms with van der Waals surface area (Å²) in [5.74, 6) is -1.98. The van der Waals surface area contributed by atoms with Crippen LogP contribution >= 0.6 is 0 Å². The van der Waals surface area contributed by atoms with Gasteiger partial charge in [0.1, 0.15) is 0 Å². The molecule has 0 spiro atoms. The maximum atomic E-state index is 11.9. The first kappa shape index (κ1) is 21.6. The molecule has 2 rings (SSSR count). The molecule has 0 saturated carbocycles. The first-order valence-electron chi connectivity index (χ1n) is 8.88. The van der Waals surface area contributed by atoms with Crippen molar-refractivity contribution < 1.29 is 28.7 Å². The van der Waals surface area contributed by atoms with Gasteiger partial charge >= 0.3 is 11.9 Å². The number of rotatable bonds is 8. The molecule has 0 heterocycles. The largest absolute Gasteiger partial charge is 0.465 e. The van der Waals surface area contributed by atoms with Crippen LogP contribution in [0.25, 0.3) is 0 Å². The van der Waals surface area contributed by atoms with Gasteiger partial charge < -0.3 is 20.1 Å². The van der Waals surface area contributed by atoms with Gasteiger partial charge in [-0.2, -0.15) is 0 Å². The number of anilines is 2. The summed E-state index contributed by atoms with van der Waals surface area (Å²) >= 11 is 0. The Hall–Kier alpha value is -3.68. The Kier molecular flexibility index (Phi) is 7.90. The zero-order valence-corrected chi connectivity index (χ0v) is 16.2. The van der Waals surface area contributed by atoms with Crippen LogP contribution in [0.15, 0.2) is 48.5 Å². The van der Waals surface area contributed by atoms with Gasteiger partial charge in [0.05, 0.1) is 19.1 Å². The molecular formula is C21H22N2O6. The second-order valence-corrected chi connectivity index (χ2v) is 6.14. The van der Waals surface area contributed by atoms with Crippen LogP contribution in [0, 0.1) is 6.92 Å². The fourth-order valence-corrected chi connectivity index (χ4v) is 2.36. The Morgan fingerprint density at radius 1 is 0.862 bits per heavy atom. The molecule has 152 valence electrons. The van der Waals surface area contributed by atoms with Crippen molar-refractivity contribution in [2.24, 2.45) is 0 Å². The molecule has 8 heteroatoms. The van der Waals surface area contributed by atoms with Crippen molar-refractivity contribution in [1.82, 2.24) is 0 Å². The van der Waals surface area contributed by atoms with Gasteiger partial charge in [0.15, 0.2) is 6.61 Å². The lowest BCUT2D eigenvalue weighted by molar-refractivity contribution is -0.147. The molecule has 0 saturated heterocycles. The van der Waals surface area contributed by atoms with Gasteiger partial charge in [-0.3, -0.25) is 14.4 Å². The molecule has 0 bridgehead atoms. The molecule has 29 heavy (non-hydrogen) atoms. The fraction of sp³-hybridized carbons (Fsp3) is 0.238. The van der Waals surface area contributed by atoms with Crippen LogP contribution < -0.4 is 10.6 Å². The highest BCUT2D eigenvalue weighted by Crippen LogP contribution is 2.14. The molecule has 0 aliphatic heterocycles. The predicted molar refractivity (Wildman–Crippen MR) is 106 cm³/mol. The highest BCUT2D eigenvalue weighted by molar-refractivity contribution is 5.95. The van der Waals surface area contributed by atoms with E-state index in [2.05, 4.69) is 15.4 Å². The summed E-state index contributed by atoms with van der Waals surface area (Å²) in [6.07, 6.45) is -0.192. The number of benzene rings is 2. The van der Waals surface area contributed by atoms with Crippen molar-refractivity contribution in [2.75, 3.05) is 24.4 Å². The maximum Gasteiger partial charge on any atom is 0.337 e. The molecule has 0 unspecified atom stereocenters. The van der Waals surface area contributed by atoms with E-state index in [1.807, 2.05) is 19.1 Å². The highest BCUT2D eigenvalue weighted by atomic mass is 16.5. The van der Waals surface area contributed by atoms with E-state index < -0.39 is 24.5 Å². The number of carbonyl (C=O) groups is 4. The first-order chi connectivity index (χ1) is 13.9. The third kappa shape index (κ3) is 7.10. The molecule has 0 aliphatic rings. The van der Waals surface area contributed by atoms with Crippen molar-refractivity contribution in [1.29, 1.82) is 0 Å². The SMILES string of the molecule is COC(=O)c1ccc(NC(=O)COC(=O)CCC(=O)Nc2ccccc2C)cc1. The van der Waals surface area contributed by atoms with Crippen LogP contribution in [0.3, 0.4) is 0 Å². The lowest BCUT2D eigenvalue weighted by Crippen LogP contribution is -2.22. The molecule has 0 aromatic heterocycles. The molecule has 8 nitrogen and oxygen atoms in total. The number of aryl methyl sites for hydroxylation is 1. The normalized spacial score (nSPS) is 10.0. The number of carbonyl (C=O) groups excluding carboxylic acids is 4. The molecule has 0 radical (unpaired) electrons. The average molecular weight is 398 g/mol. The van der Waals surface area contributed by atoms with E-state index in [0.717, 1.165) is 5.56 Å². The van der Waals surface area contributed by atoms with E-state index in [9.17, 15) is 19.2 Å². The van der Waals surface area contributed by atoms with Crippen molar-refractivity contribution >= 4 is 35.1 Å². The number of para-hydroxylation sites is 1. The quantitative estimate of drug-likeness (QED) is 0.662. The second kappa shape index (κ2) is 10.6. The summed E-state index contributed by atoms with van der Waals surface area (Å²) in [7, 11) is 1.28. The molecule has 2 aromatic rings. The van der Waals surface area contributed by atoms with Crippen LogP contribution in [0.5, 0.6) is 0 Å². The molecule has 2 aromatic carbocycles. The number of methoxy groups -OCH3 is 1. The lowest BCUT2D eigenvalue weighted by atomic mass is 10.2. The molecule has 2 amide bonds. The van der Waals surface area contributed by atoms with Crippen molar-refractivity contribution in [2.45, 2.75) is 19.8 Å². The zero-order valence-electron chi connectivity index (χ0n) is 16.2. The average Bonchev–Trinajstić information content (AvgIpc) is 2.72. The number of hydrogen-bond donors (Lipinski definition) is 2. The molecule has 0 aliphatic carbocycles. The van der Waals surface area contributed by atoms with Gasteiger partial charge in [-0.15, -0.1) is 0 Å². The minimum absolute atomic E-state index is 0.0518. The topological polar surface area (TPSA) is 111 Å². The first-order valence-corrected chi connectivity index (χ1v) is 8.88. The third-order valence-corrected chi connectivity index (χ3v) is 3.93. The van der Waals surface area contributed by atoms with Gasteiger partial charge in [0, 0.05) is 17.8 Å². The van der Waals surface area contributed by atoms with E-state index in [1.165, 1.54) is 31.4 Å². The molecular weight excluding hydrogens is 376 g/mol. The minimum Gasteiger partial charge on any atom is -0.465 e. The Labute approximate surface area is 168 Å². The molecule has 0 atom stereocenters. The summed E-state index contributed by atoms with van der Waals surface area (Å²) in [5.41, 5.74) is 2.39. The van der Waals surface area contributed by atoms with Crippen molar-refractivity contribution in [3.8, 4) is 0 Å². The number of ether oxygens (including phenoxy) is 2.